The number of ketones is 1. The predicted molar refractivity (Wildman–Crippen MR) is 137 cm³/mol. The van der Waals surface area contributed by atoms with E-state index in [1.165, 1.54) is 30.3 Å². The standard InChI is InChI=1S/C12H9NO6S.C11H8N2O4S/c14-7-2-1-5(4-8(7)15)3-6-9(16)10(17)12(20)13(19)11(6)18;14-7-2-1-5(4-8(7)15)3-6-9(16)12-11(18)13-10(6)17/h1-4,10,14-15,17,19H;1-4,14-15H,(H2,12,13,16,17,18). The zero-order valence-corrected chi connectivity index (χ0v) is 20.4. The van der Waals surface area contributed by atoms with Gasteiger partial charge in [-0.15, -0.1) is 0 Å². The number of aliphatic hydroxyl groups is 1. The quantitative estimate of drug-likeness (QED) is 0.0801. The lowest BCUT2D eigenvalue weighted by Crippen LogP contribution is -2.51. The number of amides is 3. The first-order valence-electron chi connectivity index (χ1n) is 10.2. The van der Waals surface area contributed by atoms with E-state index in [-0.39, 0.29) is 38.6 Å². The van der Waals surface area contributed by atoms with E-state index >= 15 is 0 Å². The van der Waals surface area contributed by atoms with Crippen LogP contribution in [-0.4, -0.2) is 75.5 Å². The average molecular weight is 560 g/mol. The molecule has 2 saturated heterocycles. The van der Waals surface area contributed by atoms with Crippen LogP contribution in [0, 0.1) is 0 Å². The van der Waals surface area contributed by atoms with Crippen LogP contribution in [0.25, 0.3) is 12.2 Å². The van der Waals surface area contributed by atoms with Crippen molar-refractivity contribution in [1.82, 2.24) is 15.7 Å². The van der Waals surface area contributed by atoms with E-state index in [1.807, 2.05) is 0 Å². The van der Waals surface area contributed by atoms with Gasteiger partial charge in [0.25, 0.3) is 17.7 Å². The maximum Gasteiger partial charge on any atom is 0.286 e. The van der Waals surface area contributed by atoms with Crippen molar-refractivity contribution in [3.63, 3.8) is 0 Å². The van der Waals surface area contributed by atoms with Crippen LogP contribution in [0.1, 0.15) is 11.1 Å². The second-order valence-corrected chi connectivity index (χ2v) is 8.40. The van der Waals surface area contributed by atoms with E-state index in [4.69, 9.17) is 10.2 Å². The molecule has 15 heteroatoms. The van der Waals surface area contributed by atoms with E-state index in [9.17, 15) is 39.7 Å². The molecule has 2 aliphatic heterocycles. The Morgan fingerprint density at radius 1 is 0.737 bits per heavy atom. The number of piperidine rings is 1. The topological polar surface area (TPSA) is 217 Å². The Morgan fingerprint density at radius 3 is 1.63 bits per heavy atom. The number of carbonyl (C=O) groups excluding carboxylic acids is 4. The number of hydrogen-bond donors (Lipinski definition) is 8. The monoisotopic (exact) mass is 559 g/mol. The largest absolute Gasteiger partial charge is 0.504 e. The second-order valence-electron chi connectivity index (χ2n) is 7.57. The van der Waals surface area contributed by atoms with Gasteiger partial charge in [-0.25, -0.2) is 0 Å². The zero-order chi connectivity index (χ0) is 28.3. The highest BCUT2D eigenvalue weighted by Crippen LogP contribution is 2.28. The number of rotatable bonds is 2. The van der Waals surface area contributed by atoms with Gasteiger partial charge in [-0.2, -0.15) is 5.06 Å². The number of benzene rings is 2. The average Bonchev–Trinajstić information content (AvgIpc) is 2.86. The Hall–Kier alpha value is -4.70. The molecular weight excluding hydrogens is 542 g/mol. The normalized spacial score (nSPS) is 18.6. The molecule has 2 fully saturated rings. The van der Waals surface area contributed by atoms with Crippen molar-refractivity contribution in [1.29, 1.82) is 0 Å². The Bertz CT molecular complexity index is 1420. The Labute approximate surface area is 223 Å². The molecule has 2 heterocycles. The molecular formula is C23H17N3O10S2. The summed E-state index contributed by atoms with van der Waals surface area (Å²) in [4.78, 5) is 46.0. The third-order valence-corrected chi connectivity index (χ3v) is 5.54. The summed E-state index contributed by atoms with van der Waals surface area (Å²) in [6.07, 6.45) is 0.563. The van der Waals surface area contributed by atoms with Gasteiger partial charge in [-0.05, 0) is 59.8 Å². The van der Waals surface area contributed by atoms with Crippen molar-refractivity contribution in [2.45, 2.75) is 6.10 Å². The molecule has 0 radical (unpaired) electrons. The van der Waals surface area contributed by atoms with Gasteiger partial charge in [-0.1, -0.05) is 24.4 Å². The molecule has 196 valence electrons. The summed E-state index contributed by atoms with van der Waals surface area (Å²) < 4.78 is 0. The summed E-state index contributed by atoms with van der Waals surface area (Å²) in [6, 6.07) is 7.56. The SMILES string of the molecule is O=C1C(=Cc2ccc(O)c(O)c2)C(=O)N(O)C(=S)C1O.O=C1NC(=S)NC(=O)C1=Cc1ccc(O)c(O)c1. The molecule has 4 rings (SSSR count). The summed E-state index contributed by atoms with van der Waals surface area (Å²) >= 11 is 9.20. The number of carbonyl (C=O) groups is 4. The molecule has 1 atom stereocenters. The number of phenolic OH excluding ortho intramolecular Hbond substituents is 4. The molecule has 2 aromatic rings. The van der Waals surface area contributed by atoms with Crippen molar-refractivity contribution in [3.8, 4) is 23.0 Å². The number of phenols is 4. The fourth-order valence-electron chi connectivity index (χ4n) is 3.03. The Kier molecular flexibility index (Phi) is 8.17. The number of nitrogens with one attached hydrogen (secondary N) is 2. The third kappa shape index (κ3) is 5.98. The number of hydrogen-bond acceptors (Lipinski definition) is 12. The van der Waals surface area contributed by atoms with E-state index in [2.05, 4.69) is 35.1 Å². The molecule has 1 unspecified atom stereocenters. The van der Waals surface area contributed by atoms with Crippen LogP contribution < -0.4 is 10.6 Å². The summed E-state index contributed by atoms with van der Waals surface area (Å²) in [6.45, 7) is 0. The fraction of sp³-hybridized carbons (Fsp3) is 0.0435. The van der Waals surface area contributed by atoms with E-state index in [0.29, 0.717) is 5.56 Å². The van der Waals surface area contributed by atoms with Crippen LogP contribution in [0.5, 0.6) is 23.0 Å². The second kappa shape index (κ2) is 11.1. The third-order valence-electron chi connectivity index (χ3n) is 4.94. The number of Topliss-reactive ketones (excluding diaryl/α,β-unsaturated/α-hetero) is 1. The van der Waals surface area contributed by atoms with Crippen molar-refractivity contribution in [3.05, 3.63) is 58.7 Å². The van der Waals surface area contributed by atoms with Crippen LogP contribution in [0.15, 0.2) is 47.5 Å². The summed E-state index contributed by atoms with van der Waals surface area (Å²) in [5.74, 6) is -4.67. The number of hydroxylamine groups is 2. The van der Waals surface area contributed by atoms with Gasteiger partial charge < -0.3 is 25.5 Å². The first-order chi connectivity index (χ1) is 17.8. The molecule has 0 bridgehead atoms. The van der Waals surface area contributed by atoms with Crippen LogP contribution in [0.3, 0.4) is 0 Å². The number of aliphatic hydroxyl groups excluding tert-OH is 1. The Morgan fingerprint density at radius 2 is 1.18 bits per heavy atom. The smallest absolute Gasteiger partial charge is 0.286 e. The molecule has 2 aromatic carbocycles. The number of thiocarbonyl (C=S) groups is 2. The van der Waals surface area contributed by atoms with Gasteiger partial charge in [0.2, 0.25) is 5.78 Å². The van der Waals surface area contributed by atoms with Gasteiger partial charge in [0, 0.05) is 0 Å². The maximum absolute atomic E-state index is 11.8. The van der Waals surface area contributed by atoms with Crippen LogP contribution in [0.4, 0.5) is 0 Å². The highest BCUT2D eigenvalue weighted by molar-refractivity contribution is 7.80. The molecule has 38 heavy (non-hydrogen) atoms. The predicted octanol–water partition coefficient (Wildman–Crippen LogP) is -0.0179. The first kappa shape index (κ1) is 27.9. The van der Waals surface area contributed by atoms with Gasteiger partial charge in [0.1, 0.15) is 10.6 Å². The minimum Gasteiger partial charge on any atom is -0.504 e. The molecule has 13 nitrogen and oxygen atoms in total. The zero-order valence-electron chi connectivity index (χ0n) is 18.8. The molecule has 0 aliphatic carbocycles. The molecule has 2 aliphatic rings. The van der Waals surface area contributed by atoms with Crippen LogP contribution in [0.2, 0.25) is 0 Å². The molecule has 8 N–H and O–H groups in total. The van der Waals surface area contributed by atoms with Gasteiger partial charge in [-0.3, -0.25) is 35.0 Å². The summed E-state index contributed by atoms with van der Waals surface area (Å²) in [5, 5.41) is 60.4. The van der Waals surface area contributed by atoms with Crippen molar-refractivity contribution in [2.75, 3.05) is 0 Å². The van der Waals surface area contributed by atoms with Crippen LogP contribution >= 0.6 is 24.4 Å². The van der Waals surface area contributed by atoms with Crippen LogP contribution in [-0.2, 0) is 19.2 Å². The fourth-order valence-corrected chi connectivity index (χ4v) is 3.40. The van der Waals surface area contributed by atoms with Crippen molar-refractivity contribution >= 4 is 70.2 Å². The lowest BCUT2D eigenvalue weighted by atomic mass is 9.98. The maximum atomic E-state index is 11.8. The van der Waals surface area contributed by atoms with Crippen molar-refractivity contribution < 1.29 is 49.9 Å². The van der Waals surface area contributed by atoms with E-state index in [1.54, 1.807) is 0 Å². The van der Waals surface area contributed by atoms with Crippen molar-refractivity contribution in [2.24, 2.45) is 0 Å². The van der Waals surface area contributed by atoms with Gasteiger partial charge in [0.15, 0.2) is 34.2 Å². The van der Waals surface area contributed by atoms with Gasteiger partial charge >= 0.3 is 0 Å². The lowest BCUT2D eigenvalue weighted by Gasteiger charge is -2.25. The minimum atomic E-state index is -1.79. The summed E-state index contributed by atoms with van der Waals surface area (Å²) in [7, 11) is 0. The highest BCUT2D eigenvalue weighted by Gasteiger charge is 2.40. The molecule has 0 aromatic heterocycles. The number of aromatic hydroxyl groups is 4. The highest BCUT2D eigenvalue weighted by atomic mass is 32.1. The minimum absolute atomic E-state index is 0.0213. The first-order valence-corrected chi connectivity index (χ1v) is 11.0. The molecule has 0 spiro atoms. The molecule has 3 amide bonds. The summed E-state index contributed by atoms with van der Waals surface area (Å²) in [5.41, 5.74) is 0.0104. The van der Waals surface area contributed by atoms with E-state index < -0.39 is 45.9 Å². The van der Waals surface area contributed by atoms with E-state index in [0.717, 1.165) is 18.2 Å². The van der Waals surface area contributed by atoms with Gasteiger partial charge in [0.05, 0.1) is 5.57 Å². The lowest BCUT2D eigenvalue weighted by molar-refractivity contribution is -0.150. The number of nitrogens with zero attached hydrogens (tertiary/aromatic N) is 1. The molecule has 0 saturated carbocycles. The Balaban J connectivity index is 0.000000212.